The van der Waals surface area contributed by atoms with Crippen LogP contribution in [0.1, 0.15) is 29.3 Å². The highest BCUT2D eigenvalue weighted by atomic mass is 35.5. The van der Waals surface area contributed by atoms with E-state index in [2.05, 4.69) is 15.8 Å². The summed E-state index contributed by atoms with van der Waals surface area (Å²) < 4.78 is 0. The van der Waals surface area contributed by atoms with E-state index in [9.17, 15) is 9.59 Å². The lowest BCUT2D eigenvalue weighted by molar-refractivity contribution is -0.119. The number of carbonyl (C=O) groups excluding carboxylic acids is 2. The number of hydrogen-bond donors (Lipinski definition) is 2. The number of rotatable bonds is 7. The molecule has 0 atom stereocenters. The molecule has 2 rings (SSSR count). The Labute approximate surface area is 152 Å². The highest BCUT2D eigenvalue weighted by Crippen LogP contribution is 2.14. The molecule has 130 valence electrons. The Balaban J connectivity index is 1.75. The molecule has 2 amide bonds. The quantitative estimate of drug-likeness (QED) is 0.590. The number of benzene rings is 2. The molecule has 0 bridgehead atoms. The van der Waals surface area contributed by atoms with Crippen LogP contribution >= 0.6 is 11.6 Å². The standard InChI is InChI=1S/C19H20ClN3O2/c1-14(22-23-19(25)16-9-5-6-10-17(16)20)13-18(24)21-12-11-15-7-3-2-4-8-15/h2-10H,11-13H2,1H3,(H,21,24)(H,23,25)/b22-14+. The van der Waals surface area contributed by atoms with Crippen LogP contribution in [0.15, 0.2) is 59.7 Å². The van der Waals surface area contributed by atoms with Crippen molar-refractivity contribution in [3.05, 3.63) is 70.7 Å². The fourth-order valence-electron chi connectivity index (χ4n) is 2.18. The fraction of sp³-hybridized carbons (Fsp3) is 0.211. The lowest BCUT2D eigenvalue weighted by Crippen LogP contribution is -2.28. The summed E-state index contributed by atoms with van der Waals surface area (Å²) in [4.78, 5) is 23.9. The predicted molar refractivity (Wildman–Crippen MR) is 99.8 cm³/mol. The van der Waals surface area contributed by atoms with E-state index in [-0.39, 0.29) is 12.3 Å². The first-order valence-corrected chi connectivity index (χ1v) is 8.32. The topological polar surface area (TPSA) is 70.6 Å². The Morgan fingerprint density at radius 3 is 2.44 bits per heavy atom. The summed E-state index contributed by atoms with van der Waals surface area (Å²) in [5.41, 5.74) is 4.43. The lowest BCUT2D eigenvalue weighted by Gasteiger charge is -2.06. The van der Waals surface area contributed by atoms with Gasteiger partial charge in [-0.1, -0.05) is 54.1 Å². The van der Waals surface area contributed by atoms with Gasteiger partial charge >= 0.3 is 0 Å². The summed E-state index contributed by atoms with van der Waals surface area (Å²) in [6.07, 6.45) is 0.892. The summed E-state index contributed by atoms with van der Waals surface area (Å²) in [5, 5.41) is 7.14. The molecular formula is C19H20ClN3O2. The van der Waals surface area contributed by atoms with Crippen LogP contribution in [0.5, 0.6) is 0 Å². The smallest absolute Gasteiger partial charge is 0.272 e. The normalized spacial score (nSPS) is 11.0. The Morgan fingerprint density at radius 2 is 1.72 bits per heavy atom. The highest BCUT2D eigenvalue weighted by molar-refractivity contribution is 6.33. The summed E-state index contributed by atoms with van der Waals surface area (Å²) in [7, 11) is 0. The van der Waals surface area contributed by atoms with E-state index in [1.54, 1.807) is 31.2 Å². The molecule has 2 aromatic carbocycles. The molecule has 0 aliphatic carbocycles. The van der Waals surface area contributed by atoms with Crippen LogP contribution in [0.25, 0.3) is 0 Å². The average molecular weight is 358 g/mol. The molecule has 0 radical (unpaired) electrons. The zero-order valence-electron chi connectivity index (χ0n) is 14.0. The van der Waals surface area contributed by atoms with Gasteiger partial charge in [0.15, 0.2) is 0 Å². The monoisotopic (exact) mass is 357 g/mol. The molecule has 0 heterocycles. The van der Waals surface area contributed by atoms with E-state index in [0.29, 0.717) is 22.8 Å². The summed E-state index contributed by atoms with van der Waals surface area (Å²) in [5.74, 6) is -0.543. The number of carbonyl (C=O) groups is 2. The fourth-order valence-corrected chi connectivity index (χ4v) is 2.40. The molecule has 0 saturated carbocycles. The number of nitrogens with one attached hydrogen (secondary N) is 2. The van der Waals surface area contributed by atoms with Crippen LogP contribution in [-0.4, -0.2) is 24.1 Å². The summed E-state index contributed by atoms with van der Waals surface area (Å²) in [6, 6.07) is 16.6. The van der Waals surface area contributed by atoms with Crippen molar-refractivity contribution in [1.29, 1.82) is 0 Å². The van der Waals surface area contributed by atoms with Gasteiger partial charge in [0.1, 0.15) is 0 Å². The molecule has 2 N–H and O–H groups in total. The highest BCUT2D eigenvalue weighted by Gasteiger charge is 2.09. The van der Waals surface area contributed by atoms with Crippen LogP contribution in [0.4, 0.5) is 0 Å². The van der Waals surface area contributed by atoms with Gasteiger partial charge in [0.25, 0.3) is 5.91 Å². The van der Waals surface area contributed by atoms with Gasteiger partial charge < -0.3 is 5.32 Å². The van der Waals surface area contributed by atoms with E-state index in [4.69, 9.17) is 11.6 Å². The summed E-state index contributed by atoms with van der Waals surface area (Å²) >= 11 is 5.95. The van der Waals surface area contributed by atoms with Crippen LogP contribution in [0.3, 0.4) is 0 Å². The van der Waals surface area contributed by atoms with Gasteiger partial charge in [-0.25, -0.2) is 5.43 Å². The van der Waals surface area contributed by atoms with Gasteiger partial charge in [0.05, 0.1) is 17.0 Å². The molecular weight excluding hydrogens is 338 g/mol. The van der Waals surface area contributed by atoms with E-state index in [1.165, 1.54) is 5.56 Å². The van der Waals surface area contributed by atoms with Crippen molar-refractivity contribution in [3.63, 3.8) is 0 Å². The van der Waals surface area contributed by atoms with Gasteiger partial charge in [-0.2, -0.15) is 5.10 Å². The van der Waals surface area contributed by atoms with Crippen LogP contribution < -0.4 is 10.7 Å². The third kappa shape index (κ3) is 6.39. The molecule has 6 heteroatoms. The minimum Gasteiger partial charge on any atom is -0.355 e. The number of nitrogens with zero attached hydrogens (tertiary/aromatic N) is 1. The second-order valence-corrected chi connectivity index (χ2v) is 5.94. The molecule has 25 heavy (non-hydrogen) atoms. The lowest BCUT2D eigenvalue weighted by atomic mass is 10.1. The second kappa shape index (κ2) is 9.59. The minimum absolute atomic E-state index is 0.123. The molecule has 5 nitrogen and oxygen atoms in total. The number of halogens is 1. The van der Waals surface area contributed by atoms with E-state index in [0.717, 1.165) is 6.42 Å². The van der Waals surface area contributed by atoms with Crippen molar-refractivity contribution in [2.75, 3.05) is 6.54 Å². The first-order chi connectivity index (χ1) is 12.1. The third-order valence-corrected chi connectivity index (χ3v) is 3.79. The first-order valence-electron chi connectivity index (χ1n) is 7.95. The van der Waals surface area contributed by atoms with E-state index in [1.807, 2.05) is 30.3 Å². The summed E-state index contributed by atoms with van der Waals surface area (Å²) in [6.45, 7) is 2.24. The third-order valence-electron chi connectivity index (χ3n) is 3.46. The minimum atomic E-state index is -0.408. The molecule has 2 aromatic rings. The van der Waals surface area contributed by atoms with Crippen LogP contribution in [0.2, 0.25) is 5.02 Å². The van der Waals surface area contributed by atoms with Gasteiger partial charge in [-0.05, 0) is 31.0 Å². The van der Waals surface area contributed by atoms with E-state index < -0.39 is 5.91 Å². The molecule has 0 aliphatic heterocycles. The van der Waals surface area contributed by atoms with Gasteiger partial charge in [-0.15, -0.1) is 0 Å². The van der Waals surface area contributed by atoms with Crippen molar-refractivity contribution < 1.29 is 9.59 Å². The predicted octanol–water partition coefficient (Wildman–Crippen LogP) is 3.19. The number of hydrogen-bond acceptors (Lipinski definition) is 3. The first kappa shape index (κ1) is 18.7. The maximum absolute atomic E-state index is 12.0. The van der Waals surface area contributed by atoms with Gasteiger partial charge in [0, 0.05) is 12.3 Å². The van der Waals surface area contributed by atoms with Crippen LogP contribution in [0, 0.1) is 0 Å². The molecule has 0 fully saturated rings. The molecule has 0 spiro atoms. The molecule has 0 unspecified atom stereocenters. The SMILES string of the molecule is C/C(CC(=O)NCCc1ccccc1)=N\NC(=O)c1ccccc1Cl. The van der Waals surface area contributed by atoms with Crippen molar-refractivity contribution in [3.8, 4) is 0 Å². The zero-order chi connectivity index (χ0) is 18.1. The average Bonchev–Trinajstić information content (AvgIpc) is 2.61. The maximum Gasteiger partial charge on any atom is 0.272 e. The van der Waals surface area contributed by atoms with Crippen molar-refractivity contribution in [2.45, 2.75) is 19.8 Å². The van der Waals surface area contributed by atoms with E-state index >= 15 is 0 Å². The Kier molecular flexibility index (Phi) is 7.16. The largest absolute Gasteiger partial charge is 0.355 e. The van der Waals surface area contributed by atoms with Gasteiger partial charge in [-0.3, -0.25) is 9.59 Å². The molecule has 0 aliphatic rings. The molecule has 0 aromatic heterocycles. The number of hydrazone groups is 1. The number of amides is 2. The van der Waals surface area contributed by atoms with Gasteiger partial charge in [0.2, 0.25) is 5.91 Å². The van der Waals surface area contributed by atoms with Crippen molar-refractivity contribution in [2.24, 2.45) is 5.10 Å². The Bertz CT molecular complexity index is 760. The maximum atomic E-state index is 12.0. The van der Waals surface area contributed by atoms with Crippen molar-refractivity contribution >= 4 is 29.1 Å². The molecule has 0 saturated heterocycles. The van der Waals surface area contributed by atoms with Crippen molar-refractivity contribution in [1.82, 2.24) is 10.7 Å². The van der Waals surface area contributed by atoms with Crippen LogP contribution in [-0.2, 0) is 11.2 Å². The zero-order valence-corrected chi connectivity index (χ0v) is 14.7. The Hall–Kier alpha value is -2.66. The second-order valence-electron chi connectivity index (χ2n) is 5.53. The Morgan fingerprint density at radius 1 is 1.04 bits per heavy atom.